The van der Waals surface area contributed by atoms with Gasteiger partial charge in [0.15, 0.2) is 6.61 Å². The number of rotatable bonds is 2. The van der Waals surface area contributed by atoms with Crippen LogP contribution < -0.4 is 0 Å². The molecule has 0 amide bonds. The predicted octanol–water partition coefficient (Wildman–Crippen LogP) is 2.11. The first-order valence-corrected chi connectivity index (χ1v) is 4.53. The summed E-state index contributed by atoms with van der Waals surface area (Å²) < 4.78 is 5.05. The minimum atomic E-state index is 0.271. The van der Waals surface area contributed by atoms with Crippen molar-refractivity contribution < 1.29 is 9.53 Å². The van der Waals surface area contributed by atoms with Gasteiger partial charge in [0, 0.05) is 0 Å². The molecule has 0 atom stereocenters. The number of hydrogen-bond acceptors (Lipinski definition) is 1. The summed E-state index contributed by atoms with van der Waals surface area (Å²) in [5.41, 5.74) is 0. The number of esters is 1. The molecule has 0 aromatic rings. The smallest absolute Gasteiger partial charge is 0.339 e. The van der Waals surface area contributed by atoms with Crippen LogP contribution in [0.3, 0.4) is 0 Å². The summed E-state index contributed by atoms with van der Waals surface area (Å²) in [6.07, 6.45) is 6.00. The van der Waals surface area contributed by atoms with Crippen molar-refractivity contribution in [2.24, 2.45) is 5.92 Å². The van der Waals surface area contributed by atoms with Gasteiger partial charge in [0.25, 0.3) is 0 Å². The summed E-state index contributed by atoms with van der Waals surface area (Å²) in [6.45, 7) is 2.49. The summed E-state index contributed by atoms with van der Waals surface area (Å²) in [5, 5.41) is 0. The average Bonchev–Trinajstić information content (AvgIpc) is 2.07. The van der Waals surface area contributed by atoms with Crippen molar-refractivity contribution in [3.8, 4) is 0 Å². The Labute approximate surface area is 67.9 Å². The second-order valence-electron chi connectivity index (χ2n) is 3.11. The Balaban J connectivity index is 2.27. The van der Waals surface area contributed by atoms with Gasteiger partial charge in [0.05, 0.1) is 0 Å². The molecule has 0 radical (unpaired) electrons. The molecule has 1 N–H and O–H groups in total. The lowest BCUT2D eigenvalue weighted by Gasteiger charge is -2.14. The van der Waals surface area contributed by atoms with E-state index in [0.29, 0.717) is 12.5 Å². The minimum Gasteiger partial charge on any atom is -0.339 e. The highest BCUT2D eigenvalue weighted by Gasteiger charge is 2.27. The first-order valence-electron chi connectivity index (χ1n) is 4.53. The number of ether oxygens (including phenoxy) is 1. The maximum Gasteiger partial charge on any atom is 0.485 e. The van der Waals surface area contributed by atoms with Crippen LogP contribution in [0.25, 0.3) is 0 Å². The van der Waals surface area contributed by atoms with Gasteiger partial charge in [-0.1, -0.05) is 19.3 Å². The first kappa shape index (κ1) is 8.57. The monoisotopic (exact) mass is 157 g/mol. The first-order chi connectivity index (χ1) is 5.34. The molecule has 0 aromatic heterocycles. The van der Waals surface area contributed by atoms with Crippen LogP contribution in [0.15, 0.2) is 0 Å². The average molecular weight is 157 g/mol. The molecule has 1 aliphatic rings. The van der Waals surface area contributed by atoms with E-state index < -0.39 is 0 Å². The third-order valence-corrected chi connectivity index (χ3v) is 2.25. The predicted molar refractivity (Wildman–Crippen MR) is 45.1 cm³/mol. The molecule has 0 spiro atoms. The van der Waals surface area contributed by atoms with E-state index in [-0.39, 0.29) is 5.97 Å². The molecule has 11 heavy (non-hydrogen) atoms. The number of hydrogen-bond donors (Lipinski definition) is 0. The fourth-order valence-corrected chi connectivity index (χ4v) is 1.62. The molecule has 1 saturated carbocycles. The Hall–Kier alpha value is -0.530. The van der Waals surface area contributed by atoms with E-state index in [1.807, 2.05) is 6.92 Å². The van der Waals surface area contributed by atoms with Crippen LogP contribution in [0.4, 0.5) is 0 Å². The normalized spacial score (nSPS) is 19.7. The molecular weight excluding hydrogens is 140 g/mol. The molecule has 0 aliphatic heterocycles. The fraction of sp³-hybridized carbons (Fsp3) is 0.889. The van der Waals surface area contributed by atoms with Crippen molar-refractivity contribution in [3.05, 3.63) is 0 Å². The molecule has 1 rings (SSSR count). The molecule has 2 heteroatoms. The van der Waals surface area contributed by atoms with Crippen LogP contribution in [0.1, 0.15) is 39.0 Å². The Bertz CT molecular complexity index is 126. The van der Waals surface area contributed by atoms with Gasteiger partial charge in [-0.25, -0.2) is 0 Å². The second-order valence-corrected chi connectivity index (χ2v) is 3.11. The summed E-state index contributed by atoms with van der Waals surface area (Å²) >= 11 is 0. The van der Waals surface area contributed by atoms with Crippen molar-refractivity contribution in [3.63, 3.8) is 0 Å². The van der Waals surface area contributed by atoms with Crippen molar-refractivity contribution >= 4 is 5.97 Å². The quantitative estimate of drug-likeness (QED) is 0.446. The highest BCUT2D eigenvalue weighted by molar-refractivity contribution is 5.73. The van der Waals surface area contributed by atoms with Gasteiger partial charge < -0.3 is 9.53 Å². The summed E-state index contributed by atoms with van der Waals surface area (Å²) in [7, 11) is 0. The second kappa shape index (κ2) is 4.37. The fourth-order valence-electron chi connectivity index (χ4n) is 1.62. The van der Waals surface area contributed by atoms with E-state index in [9.17, 15) is 4.79 Å². The van der Waals surface area contributed by atoms with Gasteiger partial charge in [-0.05, 0) is 19.8 Å². The van der Waals surface area contributed by atoms with Gasteiger partial charge in [-0.2, -0.15) is 0 Å². The van der Waals surface area contributed by atoms with Crippen molar-refractivity contribution in [2.75, 3.05) is 6.61 Å². The largest absolute Gasteiger partial charge is 0.485 e. The van der Waals surface area contributed by atoms with Gasteiger partial charge >= 0.3 is 5.97 Å². The summed E-state index contributed by atoms with van der Waals surface area (Å²) in [5.74, 6) is 0.593. The van der Waals surface area contributed by atoms with E-state index in [0.717, 1.165) is 12.8 Å². The van der Waals surface area contributed by atoms with Crippen LogP contribution >= 0.6 is 0 Å². The van der Waals surface area contributed by atoms with E-state index >= 15 is 0 Å². The molecule has 0 heterocycles. The van der Waals surface area contributed by atoms with E-state index in [4.69, 9.17) is 4.74 Å². The number of carbonyl (C=O) groups excluding carboxylic acids is 1. The lowest BCUT2D eigenvalue weighted by Crippen LogP contribution is -2.20. The van der Waals surface area contributed by atoms with Crippen molar-refractivity contribution in [2.45, 2.75) is 39.0 Å². The maximum atomic E-state index is 9.37. The van der Waals surface area contributed by atoms with Crippen LogP contribution in [-0.2, 0) is 4.74 Å². The van der Waals surface area contributed by atoms with Gasteiger partial charge in [0.1, 0.15) is 5.92 Å². The summed E-state index contributed by atoms with van der Waals surface area (Å²) in [4.78, 5) is 9.37. The lowest BCUT2D eigenvalue weighted by molar-refractivity contribution is 0.243. The summed E-state index contributed by atoms with van der Waals surface area (Å²) in [6, 6.07) is 0. The van der Waals surface area contributed by atoms with Crippen LogP contribution in [0, 0.1) is 5.92 Å². The van der Waals surface area contributed by atoms with E-state index in [2.05, 4.69) is 0 Å². The zero-order valence-electron chi connectivity index (χ0n) is 7.18. The van der Waals surface area contributed by atoms with Gasteiger partial charge in [0.2, 0.25) is 0 Å². The topological polar surface area (TPSA) is 30.6 Å². The Morgan fingerprint density at radius 1 is 1.36 bits per heavy atom. The SMILES string of the molecule is CCOC(=[OH+])C1CCCCC1. The van der Waals surface area contributed by atoms with E-state index in [1.54, 1.807) is 0 Å². The molecule has 1 fully saturated rings. The third-order valence-electron chi connectivity index (χ3n) is 2.25. The minimum absolute atomic E-state index is 0.271. The standard InChI is InChI=1S/C9H16O2/c1-2-11-9(10)8-6-4-3-5-7-8/h8H,2-7H2,1H3/p+1. The lowest BCUT2D eigenvalue weighted by atomic mass is 9.89. The molecule has 1 aliphatic carbocycles. The molecule has 2 nitrogen and oxygen atoms in total. The molecule has 0 unspecified atom stereocenters. The van der Waals surface area contributed by atoms with Gasteiger partial charge in [-0.3, -0.25) is 0 Å². The molecule has 64 valence electrons. The zero-order valence-corrected chi connectivity index (χ0v) is 7.18. The zero-order chi connectivity index (χ0) is 8.10. The van der Waals surface area contributed by atoms with Crippen LogP contribution in [0.2, 0.25) is 0 Å². The molecule has 0 bridgehead atoms. The Kier molecular flexibility index (Phi) is 3.40. The molecule has 0 saturated heterocycles. The maximum absolute atomic E-state index is 9.37. The van der Waals surface area contributed by atoms with E-state index in [1.165, 1.54) is 19.3 Å². The van der Waals surface area contributed by atoms with Crippen LogP contribution in [0.5, 0.6) is 0 Å². The molecular formula is C9H17O2+. The molecule has 0 aromatic carbocycles. The van der Waals surface area contributed by atoms with Crippen LogP contribution in [-0.4, -0.2) is 17.4 Å². The van der Waals surface area contributed by atoms with Crippen molar-refractivity contribution in [1.82, 2.24) is 0 Å². The highest BCUT2D eigenvalue weighted by atomic mass is 16.5. The third kappa shape index (κ3) is 2.52. The van der Waals surface area contributed by atoms with Gasteiger partial charge in [-0.15, -0.1) is 0 Å². The Morgan fingerprint density at radius 3 is 2.55 bits per heavy atom. The Morgan fingerprint density at radius 2 is 2.00 bits per heavy atom. The van der Waals surface area contributed by atoms with Crippen molar-refractivity contribution in [1.29, 1.82) is 0 Å². The highest BCUT2D eigenvalue weighted by Crippen LogP contribution is 2.24.